The molecule has 2 heterocycles. The summed E-state index contributed by atoms with van der Waals surface area (Å²) in [7, 11) is 0. The first-order chi connectivity index (χ1) is 10.6. The number of nitrogen functional groups attached to an aromatic ring is 1. The number of halogens is 2. The van der Waals surface area contributed by atoms with E-state index in [0.717, 1.165) is 35.7 Å². The van der Waals surface area contributed by atoms with Crippen LogP contribution >= 0.6 is 24.0 Å². The molecule has 2 aromatic rings. The summed E-state index contributed by atoms with van der Waals surface area (Å²) in [4.78, 5) is 18.7. The minimum Gasteiger partial charge on any atom is -0.397 e. The Bertz CT molecular complexity index is 676. The Morgan fingerprint density at radius 1 is 1.30 bits per heavy atom. The highest BCUT2D eigenvalue weighted by Crippen LogP contribution is 2.35. The van der Waals surface area contributed by atoms with Gasteiger partial charge in [-0.25, -0.2) is 0 Å². The van der Waals surface area contributed by atoms with Crippen LogP contribution in [0, 0.1) is 0 Å². The molecule has 1 atom stereocenters. The molecule has 1 aliphatic heterocycles. The van der Waals surface area contributed by atoms with Crippen molar-refractivity contribution in [2.45, 2.75) is 25.3 Å². The number of carbonyl (C=O) groups is 1. The summed E-state index contributed by atoms with van der Waals surface area (Å²) in [5.74, 6) is 0.0830. The van der Waals surface area contributed by atoms with Gasteiger partial charge in [0.1, 0.15) is 0 Å². The van der Waals surface area contributed by atoms with Crippen molar-refractivity contribution in [1.29, 1.82) is 0 Å². The summed E-state index contributed by atoms with van der Waals surface area (Å²) < 4.78 is 0. The summed E-state index contributed by atoms with van der Waals surface area (Å²) >= 11 is 6.29. The van der Waals surface area contributed by atoms with Gasteiger partial charge in [0.2, 0.25) is 5.91 Å². The van der Waals surface area contributed by atoms with E-state index in [1.54, 1.807) is 18.3 Å². The number of nitrogens with zero attached hydrogens (tertiary/aromatic N) is 2. The molecule has 0 radical (unpaired) electrons. The molecule has 1 fully saturated rings. The van der Waals surface area contributed by atoms with Gasteiger partial charge in [-0.2, -0.15) is 0 Å². The van der Waals surface area contributed by atoms with E-state index in [2.05, 4.69) is 4.98 Å². The molecule has 1 saturated heterocycles. The lowest BCUT2D eigenvalue weighted by Crippen LogP contribution is -2.32. The van der Waals surface area contributed by atoms with Gasteiger partial charge in [-0.3, -0.25) is 9.78 Å². The monoisotopic (exact) mass is 351 g/mol. The molecule has 2 N–H and O–H groups in total. The smallest absolute Gasteiger partial charge is 0.229 e. The molecule has 4 nitrogen and oxygen atoms in total. The van der Waals surface area contributed by atoms with Gasteiger partial charge in [-0.05, 0) is 36.6 Å². The molecule has 1 aromatic heterocycles. The third kappa shape index (κ3) is 3.95. The van der Waals surface area contributed by atoms with Crippen LogP contribution in [0.3, 0.4) is 0 Å². The van der Waals surface area contributed by atoms with Crippen LogP contribution in [0.2, 0.25) is 5.02 Å². The SMILES string of the molecule is Cl.Nc1ccc(CC(=O)N2CCCC2c2ccccc2Cl)nc1. The lowest BCUT2D eigenvalue weighted by molar-refractivity contribution is -0.131. The second-order valence-electron chi connectivity index (χ2n) is 5.53. The van der Waals surface area contributed by atoms with Gasteiger partial charge in [0.25, 0.3) is 0 Å². The highest BCUT2D eigenvalue weighted by atomic mass is 35.5. The van der Waals surface area contributed by atoms with Crippen LogP contribution in [0.25, 0.3) is 0 Å². The first kappa shape index (κ1) is 17.6. The Morgan fingerprint density at radius 2 is 2.09 bits per heavy atom. The average molecular weight is 352 g/mol. The van der Waals surface area contributed by atoms with Crippen LogP contribution in [0.4, 0.5) is 5.69 Å². The predicted octanol–water partition coefficient (Wildman–Crippen LogP) is 3.65. The van der Waals surface area contributed by atoms with Crippen LogP contribution in [0.15, 0.2) is 42.6 Å². The van der Waals surface area contributed by atoms with Crippen molar-refractivity contribution in [3.63, 3.8) is 0 Å². The van der Waals surface area contributed by atoms with E-state index >= 15 is 0 Å². The largest absolute Gasteiger partial charge is 0.397 e. The summed E-state index contributed by atoms with van der Waals surface area (Å²) in [6.45, 7) is 0.768. The highest BCUT2D eigenvalue weighted by Gasteiger charge is 2.31. The van der Waals surface area contributed by atoms with Gasteiger partial charge >= 0.3 is 0 Å². The molecule has 0 bridgehead atoms. The maximum atomic E-state index is 12.6. The lowest BCUT2D eigenvalue weighted by Gasteiger charge is -2.25. The minimum atomic E-state index is 0. The zero-order valence-electron chi connectivity index (χ0n) is 12.6. The standard InChI is InChI=1S/C17H18ClN3O.ClH/c18-15-5-2-1-4-14(15)16-6-3-9-21(16)17(22)10-13-8-7-12(19)11-20-13;/h1-2,4-5,7-8,11,16H,3,6,9-10,19H2;1H. The predicted molar refractivity (Wildman–Crippen MR) is 94.7 cm³/mol. The van der Waals surface area contributed by atoms with E-state index in [-0.39, 0.29) is 24.4 Å². The van der Waals surface area contributed by atoms with Gasteiger partial charge in [0, 0.05) is 17.3 Å². The summed E-state index contributed by atoms with van der Waals surface area (Å²) in [5, 5.41) is 0.720. The van der Waals surface area contributed by atoms with Gasteiger partial charge in [0.15, 0.2) is 0 Å². The molecule has 0 saturated carbocycles. The zero-order valence-corrected chi connectivity index (χ0v) is 14.2. The maximum Gasteiger partial charge on any atom is 0.229 e. The van der Waals surface area contributed by atoms with Gasteiger partial charge in [-0.1, -0.05) is 29.8 Å². The molecule has 1 aromatic carbocycles. The Labute approximate surface area is 147 Å². The minimum absolute atomic E-state index is 0. The molecule has 3 rings (SSSR count). The number of likely N-dealkylation sites (tertiary alicyclic amines) is 1. The molecule has 1 unspecified atom stereocenters. The summed E-state index contributed by atoms with van der Waals surface area (Å²) in [5.41, 5.74) is 7.99. The van der Waals surface area contributed by atoms with E-state index in [1.165, 1.54) is 0 Å². The van der Waals surface area contributed by atoms with Crippen molar-refractivity contribution in [3.8, 4) is 0 Å². The van der Waals surface area contributed by atoms with E-state index in [1.807, 2.05) is 29.2 Å². The van der Waals surface area contributed by atoms with Crippen LogP contribution < -0.4 is 5.73 Å². The fourth-order valence-corrected chi connectivity index (χ4v) is 3.19. The first-order valence-corrected chi connectivity index (χ1v) is 7.77. The van der Waals surface area contributed by atoms with Crippen molar-refractivity contribution in [1.82, 2.24) is 9.88 Å². The third-order valence-electron chi connectivity index (χ3n) is 4.02. The van der Waals surface area contributed by atoms with Crippen molar-refractivity contribution in [2.75, 3.05) is 12.3 Å². The van der Waals surface area contributed by atoms with E-state index in [9.17, 15) is 4.79 Å². The Morgan fingerprint density at radius 3 is 2.78 bits per heavy atom. The average Bonchev–Trinajstić information content (AvgIpc) is 2.99. The number of hydrogen-bond donors (Lipinski definition) is 1. The molecule has 23 heavy (non-hydrogen) atoms. The number of hydrogen-bond acceptors (Lipinski definition) is 3. The molecule has 0 aliphatic carbocycles. The molecule has 6 heteroatoms. The van der Waals surface area contributed by atoms with Crippen LogP contribution in [0.5, 0.6) is 0 Å². The van der Waals surface area contributed by atoms with Crippen molar-refractivity contribution in [3.05, 3.63) is 58.9 Å². The van der Waals surface area contributed by atoms with E-state index in [4.69, 9.17) is 17.3 Å². The summed E-state index contributed by atoms with van der Waals surface area (Å²) in [6, 6.07) is 11.4. The molecular formula is C17H19Cl2N3O. The van der Waals surface area contributed by atoms with Gasteiger partial charge < -0.3 is 10.6 Å². The summed E-state index contributed by atoms with van der Waals surface area (Å²) in [6.07, 6.45) is 3.82. The van der Waals surface area contributed by atoms with Crippen molar-refractivity contribution < 1.29 is 4.79 Å². The number of rotatable bonds is 3. The maximum absolute atomic E-state index is 12.6. The molecule has 0 spiro atoms. The Kier molecular flexibility index (Phi) is 5.85. The Balaban J connectivity index is 0.00000192. The number of aromatic nitrogens is 1. The molecule has 1 amide bonds. The zero-order chi connectivity index (χ0) is 15.5. The van der Waals surface area contributed by atoms with E-state index in [0.29, 0.717) is 12.1 Å². The van der Waals surface area contributed by atoms with E-state index < -0.39 is 0 Å². The fourth-order valence-electron chi connectivity index (χ4n) is 2.93. The Hall–Kier alpha value is -1.78. The van der Waals surface area contributed by atoms with Crippen molar-refractivity contribution >= 4 is 35.6 Å². The fraction of sp³-hybridized carbons (Fsp3) is 0.294. The number of pyridine rings is 1. The topological polar surface area (TPSA) is 59.2 Å². The van der Waals surface area contributed by atoms with Gasteiger partial charge in [-0.15, -0.1) is 12.4 Å². The number of benzene rings is 1. The second-order valence-corrected chi connectivity index (χ2v) is 5.93. The molecular weight excluding hydrogens is 333 g/mol. The number of anilines is 1. The highest BCUT2D eigenvalue weighted by molar-refractivity contribution is 6.31. The van der Waals surface area contributed by atoms with Crippen LogP contribution in [-0.4, -0.2) is 22.3 Å². The van der Waals surface area contributed by atoms with Crippen LogP contribution in [-0.2, 0) is 11.2 Å². The normalized spacial score (nSPS) is 16.9. The quantitative estimate of drug-likeness (QED) is 0.917. The lowest BCUT2D eigenvalue weighted by atomic mass is 10.0. The second kappa shape index (κ2) is 7.66. The van der Waals surface area contributed by atoms with Crippen LogP contribution in [0.1, 0.15) is 30.1 Å². The first-order valence-electron chi connectivity index (χ1n) is 7.39. The number of amides is 1. The number of nitrogens with two attached hydrogens (primary N) is 1. The van der Waals surface area contributed by atoms with Gasteiger partial charge in [0.05, 0.1) is 24.3 Å². The number of carbonyl (C=O) groups excluding carboxylic acids is 1. The molecule has 1 aliphatic rings. The van der Waals surface area contributed by atoms with Crippen molar-refractivity contribution in [2.24, 2.45) is 0 Å². The third-order valence-corrected chi connectivity index (χ3v) is 4.36. The molecule has 122 valence electrons.